The lowest BCUT2D eigenvalue weighted by molar-refractivity contribution is 0.254. The van der Waals surface area contributed by atoms with Gasteiger partial charge >= 0.3 is 0 Å². The first kappa shape index (κ1) is 13.2. The third kappa shape index (κ3) is 2.32. The molecule has 1 heterocycles. The van der Waals surface area contributed by atoms with E-state index in [1.165, 1.54) is 22.3 Å². The Morgan fingerprint density at radius 1 is 1.20 bits per heavy atom. The van der Waals surface area contributed by atoms with Gasteiger partial charge in [-0.1, -0.05) is 30.3 Å². The number of hydrogen-bond acceptors (Lipinski definition) is 2. The number of nitrogens with one attached hydrogen (secondary N) is 1. The zero-order chi connectivity index (χ0) is 14.1. The van der Waals surface area contributed by atoms with Crippen molar-refractivity contribution in [2.75, 3.05) is 7.05 Å². The molecule has 2 aromatic carbocycles. The molecule has 0 saturated carbocycles. The molecule has 3 rings (SSSR count). The van der Waals surface area contributed by atoms with E-state index in [0.717, 1.165) is 12.2 Å². The van der Waals surface area contributed by atoms with Crippen molar-refractivity contribution in [1.29, 1.82) is 0 Å². The second-order valence-electron chi connectivity index (χ2n) is 5.55. The molecule has 2 nitrogen and oxygen atoms in total. The van der Waals surface area contributed by atoms with Crippen molar-refractivity contribution in [2.24, 2.45) is 0 Å². The highest BCUT2D eigenvalue weighted by atomic mass is 16.5. The van der Waals surface area contributed by atoms with Crippen LogP contribution in [-0.2, 0) is 6.42 Å². The summed E-state index contributed by atoms with van der Waals surface area (Å²) in [4.78, 5) is 0. The van der Waals surface area contributed by atoms with E-state index < -0.39 is 0 Å². The lowest BCUT2D eigenvalue weighted by Gasteiger charge is -2.16. The first-order valence-corrected chi connectivity index (χ1v) is 7.25. The third-order valence-electron chi connectivity index (χ3n) is 4.07. The Morgan fingerprint density at radius 3 is 2.80 bits per heavy atom. The molecule has 0 saturated heterocycles. The highest BCUT2D eigenvalue weighted by molar-refractivity contribution is 5.70. The number of ether oxygens (including phenoxy) is 1. The molecule has 1 aliphatic rings. The van der Waals surface area contributed by atoms with Gasteiger partial charge in [-0.05, 0) is 55.3 Å². The van der Waals surface area contributed by atoms with E-state index in [0.29, 0.717) is 12.1 Å². The molecule has 1 aliphatic heterocycles. The van der Waals surface area contributed by atoms with Crippen LogP contribution in [0, 0.1) is 0 Å². The lowest BCUT2D eigenvalue weighted by atomic mass is 9.94. The van der Waals surface area contributed by atoms with Gasteiger partial charge in [0.1, 0.15) is 11.9 Å². The minimum absolute atomic E-state index is 0.298. The first-order chi connectivity index (χ1) is 9.69. The van der Waals surface area contributed by atoms with Gasteiger partial charge in [0.15, 0.2) is 0 Å². The normalized spacial score (nSPS) is 18.4. The topological polar surface area (TPSA) is 21.3 Å². The summed E-state index contributed by atoms with van der Waals surface area (Å²) in [5.41, 5.74) is 5.24. The third-order valence-corrected chi connectivity index (χ3v) is 4.07. The van der Waals surface area contributed by atoms with Crippen LogP contribution in [0.25, 0.3) is 11.1 Å². The van der Waals surface area contributed by atoms with Crippen molar-refractivity contribution in [3.63, 3.8) is 0 Å². The minimum atomic E-state index is 0.298. The van der Waals surface area contributed by atoms with Gasteiger partial charge in [0.05, 0.1) is 0 Å². The summed E-state index contributed by atoms with van der Waals surface area (Å²) in [6, 6.07) is 15.5. The highest BCUT2D eigenvalue weighted by Gasteiger charge is 2.20. The second kappa shape index (κ2) is 5.29. The van der Waals surface area contributed by atoms with Gasteiger partial charge in [-0.2, -0.15) is 0 Å². The van der Waals surface area contributed by atoms with Crippen molar-refractivity contribution in [1.82, 2.24) is 5.32 Å². The van der Waals surface area contributed by atoms with E-state index in [1.54, 1.807) is 0 Å². The summed E-state index contributed by atoms with van der Waals surface area (Å²) >= 11 is 0. The number of hydrogen-bond donors (Lipinski definition) is 1. The highest BCUT2D eigenvalue weighted by Crippen LogP contribution is 2.35. The minimum Gasteiger partial charge on any atom is -0.490 e. The van der Waals surface area contributed by atoms with Crippen LogP contribution in [-0.4, -0.2) is 13.2 Å². The van der Waals surface area contributed by atoms with Crippen LogP contribution in [0.3, 0.4) is 0 Å². The standard InChI is InChI=1S/C18H21NO/c1-12-10-15-11-14(8-9-18(15)20-12)17-7-5-4-6-16(17)13(2)19-3/h4-9,11-13,19H,10H2,1-3H3. The van der Waals surface area contributed by atoms with E-state index in [-0.39, 0.29) is 0 Å². The van der Waals surface area contributed by atoms with Gasteiger partial charge in [0.2, 0.25) is 0 Å². The quantitative estimate of drug-likeness (QED) is 0.909. The summed E-state index contributed by atoms with van der Waals surface area (Å²) < 4.78 is 5.78. The van der Waals surface area contributed by atoms with Gasteiger partial charge < -0.3 is 10.1 Å². The maximum atomic E-state index is 5.78. The van der Waals surface area contributed by atoms with Crippen molar-refractivity contribution in [2.45, 2.75) is 32.4 Å². The maximum absolute atomic E-state index is 5.78. The average molecular weight is 267 g/mol. The van der Waals surface area contributed by atoms with Gasteiger partial charge in [-0.25, -0.2) is 0 Å². The van der Waals surface area contributed by atoms with Crippen molar-refractivity contribution < 1.29 is 4.74 Å². The molecular weight excluding hydrogens is 246 g/mol. The molecule has 0 bridgehead atoms. The molecule has 0 aliphatic carbocycles. The molecule has 2 aromatic rings. The van der Waals surface area contributed by atoms with Gasteiger partial charge in [-0.15, -0.1) is 0 Å². The second-order valence-corrected chi connectivity index (χ2v) is 5.55. The van der Waals surface area contributed by atoms with Crippen LogP contribution in [0.4, 0.5) is 0 Å². The molecule has 0 amide bonds. The Kier molecular flexibility index (Phi) is 3.49. The predicted molar refractivity (Wildman–Crippen MR) is 83.1 cm³/mol. The van der Waals surface area contributed by atoms with Gasteiger partial charge in [-0.3, -0.25) is 0 Å². The Labute approximate surface area is 120 Å². The van der Waals surface area contributed by atoms with Crippen LogP contribution in [0.1, 0.15) is 31.0 Å². The van der Waals surface area contributed by atoms with E-state index in [9.17, 15) is 0 Å². The summed E-state index contributed by atoms with van der Waals surface area (Å²) in [6.45, 7) is 4.31. The van der Waals surface area contributed by atoms with Gasteiger partial charge in [0, 0.05) is 12.5 Å². The molecule has 2 unspecified atom stereocenters. The number of fused-ring (bicyclic) bond motifs is 1. The monoisotopic (exact) mass is 267 g/mol. The zero-order valence-electron chi connectivity index (χ0n) is 12.3. The zero-order valence-corrected chi connectivity index (χ0v) is 12.3. The molecule has 2 heteroatoms. The van der Waals surface area contributed by atoms with Gasteiger partial charge in [0.25, 0.3) is 0 Å². The fourth-order valence-corrected chi connectivity index (χ4v) is 2.88. The van der Waals surface area contributed by atoms with Crippen LogP contribution in [0.5, 0.6) is 5.75 Å². The Morgan fingerprint density at radius 2 is 2.00 bits per heavy atom. The average Bonchev–Trinajstić information content (AvgIpc) is 2.85. The fraction of sp³-hybridized carbons (Fsp3) is 0.333. The van der Waals surface area contributed by atoms with Crippen LogP contribution < -0.4 is 10.1 Å². The van der Waals surface area contributed by atoms with Crippen LogP contribution in [0.15, 0.2) is 42.5 Å². The summed E-state index contributed by atoms with van der Waals surface area (Å²) in [5, 5.41) is 3.33. The Hall–Kier alpha value is -1.80. The first-order valence-electron chi connectivity index (χ1n) is 7.25. The molecule has 2 atom stereocenters. The van der Waals surface area contributed by atoms with Crippen LogP contribution in [0.2, 0.25) is 0 Å². The molecule has 20 heavy (non-hydrogen) atoms. The fourth-order valence-electron chi connectivity index (χ4n) is 2.88. The van der Waals surface area contributed by atoms with Crippen molar-refractivity contribution >= 4 is 0 Å². The molecule has 0 aromatic heterocycles. The summed E-state index contributed by atoms with van der Waals surface area (Å²) in [7, 11) is 2.00. The van der Waals surface area contributed by atoms with E-state index in [1.807, 2.05) is 7.05 Å². The van der Waals surface area contributed by atoms with E-state index in [4.69, 9.17) is 4.74 Å². The smallest absolute Gasteiger partial charge is 0.123 e. The van der Waals surface area contributed by atoms with E-state index in [2.05, 4.69) is 61.6 Å². The molecular formula is C18H21NO. The molecule has 0 spiro atoms. The van der Waals surface area contributed by atoms with Crippen molar-refractivity contribution in [3.8, 4) is 16.9 Å². The summed E-state index contributed by atoms with van der Waals surface area (Å²) in [5.74, 6) is 1.04. The number of rotatable bonds is 3. The molecule has 0 radical (unpaired) electrons. The Bertz CT molecular complexity index is 621. The van der Waals surface area contributed by atoms with E-state index >= 15 is 0 Å². The maximum Gasteiger partial charge on any atom is 0.123 e. The summed E-state index contributed by atoms with van der Waals surface area (Å²) in [6.07, 6.45) is 1.30. The van der Waals surface area contributed by atoms with Crippen molar-refractivity contribution in [3.05, 3.63) is 53.6 Å². The number of benzene rings is 2. The molecule has 104 valence electrons. The van der Waals surface area contributed by atoms with Crippen LogP contribution >= 0.6 is 0 Å². The lowest BCUT2D eigenvalue weighted by Crippen LogP contribution is -2.13. The SMILES string of the molecule is CNC(C)c1ccccc1-c1ccc2c(c1)CC(C)O2. The Balaban J connectivity index is 2.04. The largest absolute Gasteiger partial charge is 0.490 e. The molecule has 1 N–H and O–H groups in total. The predicted octanol–water partition coefficient (Wildman–Crippen LogP) is 3.96. The molecule has 0 fully saturated rings.